The van der Waals surface area contributed by atoms with Crippen LogP contribution in [0.3, 0.4) is 0 Å². The third-order valence-corrected chi connectivity index (χ3v) is 2.71. The van der Waals surface area contributed by atoms with Crippen LogP contribution in [0.15, 0.2) is 30.3 Å². The van der Waals surface area contributed by atoms with Gasteiger partial charge in [0.2, 0.25) is 5.78 Å². The van der Waals surface area contributed by atoms with Crippen molar-refractivity contribution in [1.82, 2.24) is 4.98 Å². The van der Waals surface area contributed by atoms with E-state index in [-0.39, 0.29) is 5.78 Å². The van der Waals surface area contributed by atoms with Crippen molar-refractivity contribution in [2.45, 2.75) is 13.8 Å². The first kappa shape index (κ1) is 11.3. The van der Waals surface area contributed by atoms with E-state index in [1.807, 2.05) is 32.0 Å². The summed E-state index contributed by atoms with van der Waals surface area (Å²) < 4.78 is 0. The van der Waals surface area contributed by atoms with Gasteiger partial charge >= 0.3 is 0 Å². The van der Waals surface area contributed by atoms with Gasteiger partial charge in [0.25, 0.3) is 0 Å². The maximum atomic E-state index is 12.2. The van der Waals surface area contributed by atoms with Crippen LogP contribution in [-0.2, 0) is 0 Å². The standard InChI is InChI=1S/C14H13NO2/c1-9-3-5-12(10(2)7-9)14(17)13-6-4-11(8-16)15-13/h3-8,15H,1-2H3. The molecule has 0 radical (unpaired) electrons. The maximum Gasteiger partial charge on any atom is 0.209 e. The summed E-state index contributed by atoms with van der Waals surface area (Å²) in [6, 6.07) is 8.92. The summed E-state index contributed by atoms with van der Waals surface area (Å²) in [6.07, 6.45) is 0.693. The lowest BCUT2D eigenvalue weighted by Gasteiger charge is -2.04. The van der Waals surface area contributed by atoms with Crippen molar-refractivity contribution in [3.63, 3.8) is 0 Å². The Morgan fingerprint density at radius 3 is 2.53 bits per heavy atom. The Kier molecular flexibility index (Phi) is 2.91. The van der Waals surface area contributed by atoms with Gasteiger partial charge in [-0.2, -0.15) is 0 Å². The lowest BCUT2D eigenvalue weighted by Crippen LogP contribution is -2.04. The van der Waals surface area contributed by atoms with Crippen molar-refractivity contribution in [1.29, 1.82) is 0 Å². The fraction of sp³-hybridized carbons (Fsp3) is 0.143. The van der Waals surface area contributed by atoms with E-state index >= 15 is 0 Å². The van der Waals surface area contributed by atoms with Gasteiger partial charge in [-0.15, -0.1) is 0 Å². The SMILES string of the molecule is Cc1ccc(C(=O)c2ccc(C=O)[nH]2)c(C)c1. The number of carbonyl (C=O) groups is 2. The molecule has 0 aliphatic heterocycles. The summed E-state index contributed by atoms with van der Waals surface area (Å²) in [4.78, 5) is 25.5. The molecular weight excluding hydrogens is 214 g/mol. The van der Waals surface area contributed by atoms with E-state index in [4.69, 9.17) is 0 Å². The molecule has 0 amide bonds. The second-order valence-electron chi connectivity index (χ2n) is 4.09. The van der Waals surface area contributed by atoms with Gasteiger partial charge in [0.05, 0.1) is 11.4 Å². The molecule has 1 aromatic heterocycles. The smallest absolute Gasteiger partial charge is 0.209 e. The highest BCUT2D eigenvalue weighted by molar-refractivity contribution is 6.09. The first-order valence-corrected chi connectivity index (χ1v) is 5.38. The number of rotatable bonds is 3. The number of hydrogen-bond acceptors (Lipinski definition) is 2. The summed E-state index contributed by atoms with van der Waals surface area (Å²) in [6.45, 7) is 3.89. The highest BCUT2D eigenvalue weighted by Gasteiger charge is 2.13. The van der Waals surface area contributed by atoms with Gasteiger partial charge in [-0.25, -0.2) is 0 Å². The highest BCUT2D eigenvalue weighted by Crippen LogP contribution is 2.15. The van der Waals surface area contributed by atoms with Gasteiger partial charge < -0.3 is 4.98 Å². The van der Waals surface area contributed by atoms with Crippen LogP contribution in [0, 0.1) is 13.8 Å². The van der Waals surface area contributed by atoms with E-state index in [2.05, 4.69) is 4.98 Å². The summed E-state index contributed by atoms with van der Waals surface area (Å²) in [5, 5.41) is 0. The van der Waals surface area contributed by atoms with Crippen LogP contribution in [0.5, 0.6) is 0 Å². The zero-order valence-corrected chi connectivity index (χ0v) is 9.78. The van der Waals surface area contributed by atoms with Crippen molar-refractivity contribution in [3.8, 4) is 0 Å². The van der Waals surface area contributed by atoms with Crippen molar-refractivity contribution in [2.24, 2.45) is 0 Å². The number of H-pyrrole nitrogens is 1. The number of aldehydes is 1. The number of aromatic nitrogens is 1. The normalized spacial score (nSPS) is 10.2. The fourth-order valence-corrected chi connectivity index (χ4v) is 1.83. The third-order valence-electron chi connectivity index (χ3n) is 2.71. The zero-order valence-electron chi connectivity index (χ0n) is 9.78. The molecular formula is C14H13NO2. The van der Waals surface area contributed by atoms with E-state index in [9.17, 15) is 9.59 Å². The van der Waals surface area contributed by atoms with Crippen LogP contribution >= 0.6 is 0 Å². The largest absolute Gasteiger partial charge is 0.350 e. The van der Waals surface area contributed by atoms with E-state index in [0.29, 0.717) is 23.2 Å². The van der Waals surface area contributed by atoms with Gasteiger partial charge in [0, 0.05) is 5.56 Å². The van der Waals surface area contributed by atoms with E-state index in [1.165, 1.54) is 0 Å². The van der Waals surface area contributed by atoms with E-state index in [1.54, 1.807) is 12.1 Å². The molecule has 3 nitrogen and oxygen atoms in total. The minimum atomic E-state index is -0.0874. The maximum absolute atomic E-state index is 12.2. The number of aromatic amines is 1. The molecule has 0 saturated carbocycles. The number of ketones is 1. The molecule has 1 heterocycles. The van der Waals surface area contributed by atoms with E-state index in [0.717, 1.165) is 11.1 Å². The molecule has 0 fully saturated rings. The predicted molar refractivity (Wildman–Crippen MR) is 65.5 cm³/mol. The minimum absolute atomic E-state index is 0.0874. The molecule has 0 aliphatic carbocycles. The zero-order chi connectivity index (χ0) is 12.4. The first-order valence-electron chi connectivity index (χ1n) is 5.38. The number of carbonyl (C=O) groups excluding carboxylic acids is 2. The van der Waals surface area contributed by atoms with Crippen LogP contribution in [-0.4, -0.2) is 17.1 Å². The second kappa shape index (κ2) is 4.37. The third kappa shape index (κ3) is 2.18. The molecule has 0 saturated heterocycles. The minimum Gasteiger partial charge on any atom is -0.350 e. The summed E-state index contributed by atoms with van der Waals surface area (Å²) in [5.41, 5.74) is 3.59. The Balaban J connectivity index is 2.39. The molecule has 3 heteroatoms. The lowest BCUT2D eigenvalue weighted by molar-refractivity contribution is 0.103. The van der Waals surface area contributed by atoms with Crippen LogP contribution < -0.4 is 0 Å². The Morgan fingerprint density at radius 2 is 1.94 bits per heavy atom. The fourth-order valence-electron chi connectivity index (χ4n) is 1.83. The average molecular weight is 227 g/mol. The Labute approximate surface area is 99.5 Å². The van der Waals surface area contributed by atoms with Gasteiger partial charge in [0.15, 0.2) is 6.29 Å². The molecule has 0 unspecified atom stereocenters. The lowest BCUT2D eigenvalue weighted by atomic mass is 10.0. The molecule has 1 N–H and O–H groups in total. The topological polar surface area (TPSA) is 49.9 Å². The molecule has 17 heavy (non-hydrogen) atoms. The molecule has 86 valence electrons. The summed E-state index contributed by atoms with van der Waals surface area (Å²) >= 11 is 0. The number of nitrogens with one attached hydrogen (secondary N) is 1. The molecule has 2 aromatic rings. The summed E-state index contributed by atoms with van der Waals surface area (Å²) in [5.74, 6) is -0.0874. The van der Waals surface area contributed by atoms with Crippen molar-refractivity contribution in [2.75, 3.05) is 0 Å². The monoisotopic (exact) mass is 227 g/mol. The average Bonchev–Trinajstić information content (AvgIpc) is 2.76. The number of hydrogen-bond donors (Lipinski definition) is 1. The first-order chi connectivity index (χ1) is 8.11. The molecule has 2 rings (SSSR count). The van der Waals surface area contributed by atoms with Crippen LogP contribution in [0.1, 0.15) is 37.7 Å². The Hall–Kier alpha value is -2.16. The van der Waals surface area contributed by atoms with Crippen molar-refractivity contribution >= 4 is 12.1 Å². The highest BCUT2D eigenvalue weighted by atomic mass is 16.1. The van der Waals surface area contributed by atoms with Crippen molar-refractivity contribution in [3.05, 3.63) is 58.4 Å². The Bertz CT molecular complexity index is 582. The predicted octanol–water partition coefficient (Wildman–Crippen LogP) is 2.68. The van der Waals surface area contributed by atoms with Crippen LogP contribution in [0.2, 0.25) is 0 Å². The van der Waals surface area contributed by atoms with Crippen molar-refractivity contribution < 1.29 is 9.59 Å². The Morgan fingerprint density at radius 1 is 1.18 bits per heavy atom. The molecule has 0 spiro atoms. The molecule has 0 atom stereocenters. The van der Waals surface area contributed by atoms with Crippen LogP contribution in [0.4, 0.5) is 0 Å². The summed E-state index contributed by atoms with van der Waals surface area (Å²) in [7, 11) is 0. The van der Waals surface area contributed by atoms with E-state index < -0.39 is 0 Å². The molecule has 0 aliphatic rings. The number of benzene rings is 1. The van der Waals surface area contributed by atoms with Crippen LogP contribution in [0.25, 0.3) is 0 Å². The van der Waals surface area contributed by atoms with Gasteiger partial charge in [-0.3, -0.25) is 9.59 Å². The molecule has 0 bridgehead atoms. The van der Waals surface area contributed by atoms with Gasteiger partial charge in [-0.1, -0.05) is 23.8 Å². The second-order valence-corrected chi connectivity index (χ2v) is 4.09. The van der Waals surface area contributed by atoms with Gasteiger partial charge in [-0.05, 0) is 31.5 Å². The van der Waals surface area contributed by atoms with Gasteiger partial charge in [0.1, 0.15) is 0 Å². The molecule has 1 aromatic carbocycles. The quantitative estimate of drug-likeness (QED) is 0.647. The number of aryl methyl sites for hydroxylation is 2.